The molecule has 4 N–H and O–H groups in total. The van der Waals surface area contributed by atoms with E-state index in [2.05, 4.69) is 10.2 Å². The lowest BCUT2D eigenvalue weighted by Gasteiger charge is -1.99. The lowest BCUT2D eigenvalue weighted by Crippen LogP contribution is -2.13. The Labute approximate surface area is 107 Å². The molecule has 0 bridgehead atoms. The Bertz CT molecular complexity index is 633. The summed E-state index contributed by atoms with van der Waals surface area (Å²) in [7, 11) is 0. The van der Waals surface area contributed by atoms with E-state index in [9.17, 15) is 14.9 Å². The van der Waals surface area contributed by atoms with Crippen molar-refractivity contribution in [2.24, 2.45) is 5.73 Å². The number of carbonyl (C=O) groups is 1. The maximum absolute atomic E-state index is 11.1. The summed E-state index contributed by atoms with van der Waals surface area (Å²) in [5.41, 5.74) is 5.39. The van der Waals surface area contributed by atoms with Crippen molar-refractivity contribution in [2.75, 3.05) is 0 Å². The highest BCUT2D eigenvalue weighted by molar-refractivity contribution is 5.97. The third-order valence-corrected chi connectivity index (χ3v) is 2.58. The minimum absolute atomic E-state index is 0.0308. The van der Waals surface area contributed by atoms with Crippen LogP contribution in [0.25, 0.3) is 11.3 Å². The summed E-state index contributed by atoms with van der Waals surface area (Å²) in [5.74, 6) is -0.947. The first-order chi connectivity index (χ1) is 9.04. The van der Waals surface area contributed by atoms with Gasteiger partial charge in [0.15, 0.2) is 5.69 Å². The molecule has 0 aliphatic rings. The Morgan fingerprint density at radius 2 is 2.05 bits per heavy atom. The molecule has 0 spiro atoms. The fourth-order valence-electron chi connectivity index (χ4n) is 1.65. The number of amides is 1. The fraction of sp³-hybridized carbons (Fsp3) is 0.0909. The van der Waals surface area contributed by atoms with Gasteiger partial charge in [-0.05, 0) is 5.56 Å². The van der Waals surface area contributed by atoms with Gasteiger partial charge in [0, 0.05) is 5.56 Å². The molecule has 8 heteroatoms. The van der Waals surface area contributed by atoms with Crippen LogP contribution >= 0.6 is 0 Å². The molecule has 98 valence electrons. The van der Waals surface area contributed by atoms with E-state index in [4.69, 9.17) is 10.8 Å². The van der Waals surface area contributed by atoms with Crippen LogP contribution in [-0.4, -0.2) is 26.1 Å². The van der Waals surface area contributed by atoms with Crippen molar-refractivity contribution in [1.82, 2.24) is 10.2 Å². The van der Waals surface area contributed by atoms with E-state index >= 15 is 0 Å². The summed E-state index contributed by atoms with van der Waals surface area (Å²) in [6, 6.07) is 6.36. The quantitative estimate of drug-likeness (QED) is 0.547. The van der Waals surface area contributed by atoms with E-state index in [0.29, 0.717) is 11.1 Å². The van der Waals surface area contributed by atoms with Gasteiger partial charge in [0.2, 0.25) is 5.69 Å². The second-order valence-corrected chi connectivity index (χ2v) is 3.77. The van der Waals surface area contributed by atoms with Gasteiger partial charge in [0.05, 0.1) is 11.5 Å². The largest absolute Gasteiger partial charge is 0.392 e. The van der Waals surface area contributed by atoms with Gasteiger partial charge in [-0.15, -0.1) is 0 Å². The van der Waals surface area contributed by atoms with Crippen molar-refractivity contribution < 1.29 is 14.8 Å². The molecule has 8 nitrogen and oxygen atoms in total. The van der Waals surface area contributed by atoms with Crippen LogP contribution in [0.3, 0.4) is 0 Å². The summed E-state index contributed by atoms with van der Waals surface area (Å²) >= 11 is 0. The fourth-order valence-corrected chi connectivity index (χ4v) is 1.65. The number of primary amides is 1. The normalized spacial score (nSPS) is 10.4. The number of aromatic amines is 1. The monoisotopic (exact) mass is 262 g/mol. The second-order valence-electron chi connectivity index (χ2n) is 3.77. The van der Waals surface area contributed by atoms with Gasteiger partial charge in [-0.2, -0.15) is 5.10 Å². The summed E-state index contributed by atoms with van der Waals surface area (Å²) in [6.07, 6.45) is 0. The van der Waals surface area contributed by atoms with Gasteiger partial charge in [-0.3, -0.25) is 20.0 Å². The van der Waals surface area contributed by atoms with Crippen molar-refractivity contribution in [3.05, 3.63) is 45.6 Å². The number of rotatable bonds is 4. The van der Waals surface area contributed by atoms with Crippen molar-refractivity contribution >= 4 is 11.6 Å². The Hall–Kier alpha value is -2.74. The zero-order valence-electron chi connectivity index (χ0n) is 9.66. The number of nitrogens with one attached hydrogen (secondary N) is 1. The first-order valence-electron chi connectivity index (χ1n) is 5.27. The number of hydrogen-bond donors (Lipinski definition) is 3. The molecule has 0 aliphatic heterocycles. The van der Waals surface area contributed by atoms with Crippen LogP contribution < -0.4 is 5.73 Å². The molecule has 2 rings (SSSR count). The van der Waals surface area contributed by atoms with Crippen LogP contribution in [0, 0.1) is 10.1 Å². The van der Waals surface area contributed by atoms with Crippen LogP contribution in [0.5, 0.6) is 0 Å². The standard InChI is InChI=1S/C11H10N4O4/c12-11(17)9-10(15(18)19)8(13-14-9)7-3-1-6(5-16)2-4-7/h1-4,16H,5H2,(H2,12,17)(H,13,14). The number of H-pyrrole nitrogens is 1. The number of carbonyl (C=O) groups excluding carboxylic acids is 1. The Kier molecular flexibility index (Phi) is 3.25. The van der Waals surface area contributed by atoms with Crippen molar-refractivity contribution in [3.8, 4) is 11.3 Å². The van der Waals surface area contributed by atoms with E-state index in [1.807, 2.05) is 0 Å². The lowest BCUT2D eigenvalue weighted by molar-refractivity contribution is -0.384. The van der Waals surface area contributed by atoms with E-state index < -0.39 is 16.5 Å². The molecule has 19 heavy (non-hydrogen) atoms. The zero-order chi connectivity index (χ0) is 14.0. The molecule has 0 radical (unpaired) electrons. The number of hydrogen-bond acceptors (Lipinski definition) is 5. The molecular weight excluding hydrogens is 252 g/mol. The van der Waals surface area contributed by atoms with Gasteiger partial charge in [-0.25, -0.2) is 0 Å². The molecule has 1 aromatic carbocycles. The summed E-state index contributed by atoms with van der Waals surface area (Å²) in [6.45, 7) is -0.129. The average molecular weight is 262 g/mol. The molecule has 2 aromatic rings. The van der Waals surface area contributed by atoms with Gasteiger partial charge in [0.25, 0.3) is 5.91 Å². The number of nitro groups is 1. The van der Waals surface area contributed by atoms with Crippen LogP contribution in [0.15, 0.2) is 24.3 Å². The molecular formula is C11H10N4O4. The number of aliphatic hydroxyl groups excluding tert-OH is 1. The molecule has 1 aromatic heterocycles. The van der Waals surface area contributed by atoms with Gasteiger partial charge < -0.3 is 10.8 Å². The van der Waals surface area contributed by atoms with Gasteiger partial charge >= 0.3 is 5.69 Å². The van der Waals surface area contributed by atoms with Crippen molar-refractivity contribution in [3.63, 3.8) is 0 Å². The predicted octanol–water partition coefficient (Wildman–Crippen LogP) is 0.576. The average Bonchev–Trinajstić information content (AvgIpc) is 2.83. The lowest BCUT2D eigenvalue weighted by atomic mass is 10.1. The van der Waals surface area contributed by atoms with Crippen molar-refractivity contribution in [1.29, 1.82) is 0 Å². The second kappa shape index (κ2) is 4.86. The zero-order valence-corrected chi connectivity index (χ0v) is 9.66. The third-order valence-electron chi connectivity index (χ3n) is 2.58. The highest BCUT2D eigenvalue weighted by atomic mass is 16.6. The van der Waals surface area contributed by atoms with E-state index in [1.54, 1.807) is 24.3 Å². The first-order valence-corrected chi connectivity index (χ1v) is 5.27. The van der Waals surface area contributed by atoms with Gasteiger partial charge in [0.1, 0.15) is 0 Å². The Morgan fingerprint density at radius 1 is 1.42 bits per heavy atom. The van der Waals surface area contributed by atoms with Crippen LogP contribution in [-0.2, 0) is 6.61 Å². The van der Waals surface area contributed by atoms with Crippen molar-refractivity contribution in [2.45, 2.75) is 6.61 Å². The third kappa shape index (κ3) is 2.29. The minimum atomic E-state index is -0.947. The maximum Gasteiger partial charge on any atom is 0.327 e. The maximum atomic E-state index is 11.1. The SMILES string of the molecule is NC(=O)c1[nH]nc(-c2ccc(CO)cc2)c1[N+](=O)[O-]. The Balaban J connectivity index is 2.55. The molecule has 0 unspecified atom stereocenters. The topological polar surface area (TPSA) is 135 Å². The predicted molar refractivity (Wildman–Crippen MR) is 65.1 cm³/mol. The number of nitrogens with two attached hydrogens (primary N) is 1. The highest BCUT2D eigenvalue weighted by Crippen LogP contribution is 2.30. The smallest absolute Gasteiger partial charge is 0.327 e. The van der Waals surface area contributed by atoms with E-state index in [-0.39, 0.29) is 18.0 Å². The number of aromatic nitrogens is 2. The molecule has 1 heterocycles. The molecule has 0 saturated carbocycles. The molecule has 0 aliphatic carbocycles. The van der Waals surface area contributed by atoms with Crippen LogP contribution in [0.1, 0.15) is 16.1 Å². The van der Waals surface area contributed by atoms with Crippen LogP contribution in [0.4, 0.5) is 5.69 Å². The summed E-state index contributed by atoms with van der Waals surface area (Å²) in [5, 5.41) is 26.0. The molecule has 0 atom stereocenters. The van der Waals surface area contributed by atoms with Crippen LogP contribution in [0.2, 0.25) is 0 Å². The molecule has 0 fully saturated rings. The van der Waals surface area contributed by atoms with E-state index in [1.165, 1.54) is 0 Å². The number of benzene rings is 1. The first kappa shape index (κ1) is 12.7. The number of nitrogens with zero attached hydrogens (tertiary/aromatic N) is 2. The van der Waals surface area contributed by atoms with E-state index in [0.717, 1.165) is 0 Å². The molecule has 1 amide bonds. The summed E-state index contributed by atoms with van der Waals surface area (Å²) in [4.78, 5) is 21.4. The molecule has 0 saturated heterocycles. The highest BCUT2D eigenvalue weighted by Gasteiger charge is 2.28. The summed E-state index contributed by atoms with van der Waals surface area (Å²) < 4.78 is 0. The van der Waals surface area contributed by atoms with Gasteiger partial charge in [-0.1, -0.05) is 24.3 Å². The number of aliphatic hydroxyl groups is 1. The Morgan fingerprint density at radius 3 is 2.53 bits per heavy atom. The minimum Gasteiger partial charge on any atom is -0.392 e.